The lowest BCUT2D eigenvalue weighted by molar-refractivity contribution is -0.124. The molecule has 6 heteroatoms. The van der Waals surface area contributed by atoms with Crippen LogP contribution < -0.4 is 10.6 Å². The average Bonchev–Trinajstić information content (AvgIpc) is 2.69. The van der Waals surface area contributed by atoms with Gasteiger partial charge in [-0.1, -0.05) is 24.6 Å². The molecule has 4 rings (SSSR count). The zero-order valence-electron chi connectivity index (χ0n) is 15.7. The normalized spacial score (nSPS) is 14.5. The lowest BCUT2D eigenvalue weighted by Gasteiger charge is -2.40. The third-order valence-corrected chi connectivity index (χ3v) is 5.34. The predicted molar refractivity (Wildman–Crippen MR) is 109 cm³/mol. The number of anilines is 2. The lowest BCUT2D eigenvalue weighted by Crippen LogP contribution is -2.46. The number of nitrogens with zero attached hydrogens (tertiary/aromatic N) is 1. The molecular formula is C23H20FN3O2. The van der Waals surface area contributed by atoms with Crippen molar-refractivity contribution in [2.75, 3.05) is 10.6 Å². The zero-order chi connectivity index (χ0) is 20.3. The summed E-state index contributed by atoms with van der Waals surface area (Å²) in [6.45, 7) is 0. The minimum Gasteiger partial charge on any atom is -0.325 e. The molecule has 0 radical (unpaired) electrons. The summed E-state index contributed by atoms with van der Waals surface area (Å²) in [7, 11) is 0. The number of nitrogens with one attached hydrogen (secondary N) is 2. The van der Waals surface area contributed by atoms with Crippen molar-refractivity contribution in [3.63, 3.8) is 0 Å². The van der Waals surface area contributed by atoms with Crippen molar-refractivity contribution < 1.29 is 14.0 Å². The van der Waals surface area contributed by atoms with Gasteiger partial charge in [0.1, 0.15) is 5.82 Å². The maximum Gasteiger partial charge on any atom is 0.257 e. The van der Waals surface area contributed by atoms with Crippen LogP contribution in [0.15, 0.2) is 73.1 Å². The number of aromatic nitrogens is 1. The first kappa shape index (κ1) is 18.8. The molecule has 2 N–H and O–H groups in total. The van der Waals surface area contributed by atoms with Crippen molar-refractivity contribution >= 4 is 23.2 Å². The van der Waals surface area contributed by atoms with Crippen LogP contribution in [0.5, 0.6) is 0 Å². The van der Waals surface area contributed by atoms with Gasteiger partial charge in [0.25, 0.3) is 5.91 Å². The van der Waals surface area contributed by atoms with Gasteiger partial charge in [0.15, 0.2) is 0 Å². The summed E-state index contributed by atoms with van der Waals surface area (Å²) in [6, 6.07) is 16.5. The predicted octanol–water partition coefficient (Wildman–Crippen LogP) is 4.53. The van der Waals surface area contributed by atoms with E-state index in [1.165, 1.54) is 18.3 Å². The molecule has 0 bridgehead atoms. The van der Waals surface area contributed by atoms with Crippen molar-refractivity contribution in [2.45, 2.75) is 24.7 Å². The molecule has 5 nitrogen and oxygen atoms in total. The van der Waals surface area contributed by atoms with Crippen LogP contribution in [-0.2, 0) is 10.2 Å². The fourth-order valence-corrected chi connectivity index (χ4v) is 3.57. The quantitative estimate of drug-likeness (QED) is 0.673. The molecule has 2 aromatic carbocycles. The van der Waals surface area contributed by atoms with Gasteiger partial charge in [0.05, 0.1) is 11.0 Å². The van der Waals surface area contributed by atoms with E-state index in [1.807, 2.05) is 0 Å². The molecular weight excluding hydrogens is 369 g/mol. The van der Waals surface area contributed by atoms with E-state index < -0.39 is 5.41 Å². The van der Waals surface area contributed by atoms with Crippen LogP contribution in [0.2, 0.25) is 0 Å². The lowest BCUT2D eigenvalue weighted by atomic mass is 9.64. The van der Waals surface area contributed by atoms with Gasteiger partial charge in [-0.2, -0.15) is 0 Å². The van der Waals surface area contributed by atoms with Gasteiger partial charge >= 0.3 is 0 Å². The molecule has 1 heterocycles. The molecule has 146 valence electrons. The SMILES string of the molecule is O=C(Nc1cccc(NC(=O)C2(c3ccc(F)cc3)CCC2)c1)c1cccnc1. The zero-order valence-corrected chi connectivity index (χ0v) is 15.7. The molecule has 0 atom stereocenters. The van der Waals surface area contributed by atoms with E-state index in [4.69, 9.17) is 0 Å². The molecule has 3 aromatic rings. The van der Waals surface area contributed by atoms with E-state index in [9.17, 15) is 14.0 Å². The van der Waals surface area contributed by atoms with E-state index in [2.05, 4.69) is 15.6 Å². The van der Waals surface area contributed by atoms with Crippen LogP contribution in [0, 0.1) is 5.82 Å². The van der Waals surface area contributed by atoms with Gasteiger partial charge in [-0.05, 0) is 60.9 Å². The first-order valence-corrected chi connectivity index (χ1v) is 9.46. The average molecular weight is 389 g/mol. The molecule has 0 unspecified atom stereocenters. The third-order valence-electron chi connectivity index (χ3n) is 5.34. The second kappa shape index (κ2) is 7.83. The van der Waals surface area contributed by atoms with Crippen LogP contribution in [0.4, 0.5) is 15.8 Å². The first-order chi connectivity index (χ1) is 14.1. The van der Waals surface area contributed by atoms with E-state index in [-0.39, 0.29) is 17.6 Å². The molecule has 1 aliphatic rings. The van der Waals surface area contributed by atoms with E-state index in [0.717, 1.165) is 24.8 Å². The van der Waals surface area contributed by atoms with Gasteiger partial charge in [-0.3, -0.25) is 14.6 Å². The van der Waals surface area contributed by atoms with E-state index in [0.29, 0.717) is 16.9 Å². The van der Waals surface area contributed by atoms with Crippen molar-refractivity contribution in [1.82, 2.24) is 4.98 Å². The second-order valence-electron chi connectivity index (χ2n) is 7.17. The van der Waals surface area contributed by atoms with Crippen molar-refractivity contribution in [3.05, 3.63) is 90.0 Å². The largest absolute Gasteiger partial charge is 0.325 e. The Bertz CT molecular complexity index is 1030. The summed E-state index contributed by atoms with van der Waals surface area (Å²) >= 11 is 0. The number of amides is 2. The Morgan fingerprint density at radius 2 is 1.66 bits per heavy atom. The topological polar surface area (TPSA) is 71.1 Å². The Morgan fingerprint density at radius 3 is 2.28 bits per heavy atom. The second-order valence-corrected chi connectivity index (χ2v) is 7.17. The molecule has 1 fully saturated rings. The Hall–Kier alpha value is -3.54. The highest BCUT2D eigenvalue weighted by atomic mass is 19.1. The Labute approximate surface area is 168 Å². The number of rotatable bonds is 5. The standard InChI is InChI=1S/C23H20FN3O2/c24-18-9-7-17(8-10-18)23(11-3-12-23)22(29)27-20-6-1-5-19(14-20)26-21(28)16-4-2-13-25-15-16/h1-2,4-10,13-15H,3,11-12H2,(H,26,28)(H,27,29). The number of hydrogen-bond donors (Lipinski definition) is 2. The minimum atomic E-state index is -0.636. The molecule has 0 saturated heterocycles. The molecule has 29 heavy (non-hydrogen) atoms. The number of hydrogen-bond acceptors (Lipinski definition) is 3. The molecule has 1 aliphatic carbocycles. The Morgan fingerprint density at radius 1 is 0.931 bits per heavy atom. The Kier molecular flexibility index (Phi) is 5.08. The van der Waals surface area contributed by atoms with E-state index in [1.54, 1.807) is 54.7 Å². The van der Waals surface area contributed by atoms with Crippen LogP contribution in [0.1, 0.15) is 35.2 Å². The summed E-state index contributed by atoms with van der Waals surface area (Å²) in [5.41, 5.74) is 1.80. The summed E-state index contributed by atoms with van der Waals surface area (Å²) in [6.07, 6.45) is 5.49. The third kappa shape index (κ3) is 3.87. The molecule has 0 spiro atoms. The first-order valence-electron chi connectivity index (χ1n) is 9.46. The van der Waals surface area contributed by atoms with Crippen molar-refractivity contribution in [2.24, 2.45) is 0 Å². The van der Waals surface area contributed by atoms with Crippen LogP contribution in [0.25, 0.3) is 0 Å². The summed E-state index contributed by atoms with van der Waals surface area (Å²) in [5, 5.41) is 5.76. The molecule has 0 aliphatic heterocycles. The maximum absolute atomic E-state index is 13.3. The highest BCUT2D eigenvalue weighted by molar-refractivity contribution is 6.05. The highest BCUT2D eigenvalue weighted by Gasteiger charge is 2.45. The van der Waals surface area contributed by atoms with Gasteiger partial charge in [0.2, 0.25) is 5.91 Å². The maximum atomic E-state index is 13.3. The Balaban J connectivity index is 1.49. The van der Waals surface area contributed by atoms with Crippen LogP contribution in [-0.4, -0.2) is 16.8 Å². The number of carbonyl (C=O) groups is 2. The van der Waals surface area contributed by atoms with Gasteiger partial charge < -0.3 is 10.6 Å². The fraction of sp³-hybridized carbons (Fsp3) is 0.174. The van der Waals surface area contributed by atoms with Crippen LogP contribution in [0.3, 0.4) is 0 Å². The van der Waals surface area contributed by atoms with Crippen LogP contribution >= 0.6 is 0 Å². The number of benzene rings is 2. The summed E-state index contributed by atoms with van der Waals surface area (Å²) < 4.78 is 13.3. The van der Waals surface area contributed by atoms with Gasteiger partial charge in [-0.25, -0.2) is 4.39 Å². The number of pyridine rings is 1. The summed E-state index contributed by atoms with van der Waals surface area (Å²) in [5.74, 6) is -0.713. The molecule has 1 aromatic heterocycles. The van der Waals surface area contributed by atoms with Gasteiger partial charge in [0, 0.05) is 23.8 Å². The van der Waals surface area contributed by atoms with Crippen molar-refractivity contribution in [3.8, 4) is 0 Å². The highest BCUT2D eigenvalue weighted by Crippen LogP contribution is 2.44. The number of carbonyl (C=O) groups excluding carboxylic acids is 2. The monoisotopic (exact) mass is 389 g/mol. The van der Waals surface area contributed by atoms with E-state index >= 15 is 0 Å². The smallest absolute Gasteiger partial charge is 0.257 e. The molecule has 2 amide bonds. The van der Waals surface area contributed by atoms with Crippen molar-refractivity contribution in [1.29, 1.82) is 0 Å². The number of halogens is 1. The molecule has 1 saturated carbocycles. The fourth-order valence-electron chi connectivity index (χ4n) is 3.57. The van der Waals surface area contributed by atoms with Gasteiger partial charge in [-0.15, -0.1) is 0 Å². The summed E-state index contributed by atoms with van der Waals surface area (Å²) in [4.78, 5) is 29.3. The minimum absolute atomic E-state index is 0.119.